The van der Waals surface area contributed by atoms with Crippen LogP contribution in [-0.2, 0) is 4.74 Å². The largest absolute Gasteiger partial charge is 0.430 e. The highest BCUT2D eigenvalue weighted by Crippen LogP contribution is 2.15. The fourth-order valence-corrected chi connectivity index (χ4v) is 0.306. The van der Waals surface area contributed by atoms with Crippen molar-refractivity contribution >= 4 is 11.8 Å². The molecule has 10 heavy (non-hydrogen) atoms. The van der Waals surface area contributed by atoms with Crippen LogP contribution in [0.2, 0.25) is 0 Å². The van der Waals surface area contributed by atoms with Gasteiger partial charge in [-0.3, -0.25) is 10.8 Å². The maximum Gasteiger partial charge on any atom is 0.194 e. The zero-order chi connectivity index (χ0) is 8.36. The van der Waals surface area contributed by atoms with Gasteiger partial charge in [-0.1, -0.05) is 20.8 Å². The first-order valence-electron chi connectivity index (χ1n) is 3.16. The van der Waals surface area contributed by atoms with Crippen LogP contribution in [0.3, 0.4) is 0 Å². The van der Waals surface area contributed by atoms with E-state index in [0.29, 0.717) is 0 Å². The van der Waals surface area contributed by atoms with Gasteiger partial charge in [-0.05, 0) is 0 Å². The Balaban J connectivity index is 3.99. The molecule has 0 aliphatic heterocycles. The van der Waals surface area contributed by atoms with E-state index < -0.39 is 0 Å². The fraction of sp³-hybridized carbons (Fsp3) is 0.714. The van der Waals surface area contributed by atoms with Crippen LogP contribution in [0.5, 0.6) is 0 Å². The van der Waals surface area contributed by atoms with E-state index in [1.165, 1.54) is 6.92 Å². The van der Waals surface area contributed by atoms with E-state index in [4.69, 9.17) is 15.6 Å². The highest BCUT2D eigenvalue weighted by Gasteiger charge is 2.19. The van der Waals surface area contributed by atoms with E-state index in [2.05, 4.69) is 0 Å². The standard InChI is InChI=1S/C7H14N2O/c1-5(8)10-6(9)7(2,3)4/h8-9H,1-4H3. The molecule has 0 saturated carbocycles. The molecule has 0 aromatic heterocycles. The van der Waals surface area contributed by atoms with Gasteiger partial charge in [-0.25, -0.2) is 0 Å². The lowest BCUT2D eigenvalue weighted by atomic mass is 9.97. The lowest BCUT2D eigenvalue weighted by Crippen LogP contribution is -2.23. The second-order valence-electron chi connectivity index (χ2n) is 3.24. The number of rotatable bonds is 0. The summed E-state index contributed by atoms with van der Waals surface area (Å²) in [6.07, 6.45) is 0. The molecule has 3 nitrogen and oxygen atoms in total. The predicted molar refractivity (Wildman–Crippen MR) is 41.7 cm³/mol. The maximum atomic E-state index is 7.31. The summed E-state index contributed by atoms with van der Waals surface area (Å²) in [6.45, 7) is 7.13. The quantitative estimate of drug-likeness (QED) is 0.394. The van der Waals surface area contributed by atoms with Gasteiger partial charge in [0.1, 0.15) is 0 Å². The highest BCUT2D eigenvalue weighted by molar-refractivity contribution is 5.89. The molecule has 0 aliphatic rings. The van der Waals surface area contributed by atoms with E-state index in [0.717, 1.165) is 0 Å². The topological polar surface area (TPSA) is 56.9 Å². The minimum atomic E-state index is -0.289. The molecule has 0 aromatic rings. The van der Waals surface area contributed by atoms with Crippen LogP contribution in [0.25, 0.3) is 0 Å². The average molecular weight is 142 g/mol. The minimum Gasteiger partial charge on any atom is -0.430 e. The Kier molecular flexibility index (Phi) is 2.57. The monoisotopic (exact) mass is 142 g/mol. The van der Waals surface area contributed by atoms with Crippen molar-refractivity contribution in [1.29, 1.82) is 10.8 Å². The number of ether oxygens (including phenoxy) is 1. The van der Waals surface area contributed by atoms with Crippen molar-refractivity contribution in [2.24, 2.45) is 5.41 Å². The van der Waals surface area contributed by atoms with Crippen LogP contribution in [0, 0.1) is 16.2 Å². The first kappa shape index (κ1) is 9.14. The minimum absolute atomic E-state index is 0.0694. The molecule has 0 unspecified atom stereocenters. The Labute approximate surface area is 61.4 Å². The first-order valence-corrected chi connectivity index (χ1v) is 3.16. The van der Waals surface area contributed by atoms with Crippen LogP contribution < -0.4 is 0 Å². The number of hydrogen-bond donors (Lipinski definition) is 2. The smallest absolute Gasteiger partial charge is 0.194 e. The van der Waals surface area contributed by atoms with E-state index >= 15 is 0 Å². The summed E-state index contributed by atoms with van der Waals surface area (Å²) in [4.78, 5) is 0. The molecule has 0 amide bonds. The van der Waals surface area contributed by atoms with Gasteiger partial charge < -0.3 is 4.74 Å². The third-order valence-electron chi connectivity index (χ3n) is 0.936. The number of hydrogen-bond acceptors (Lipinski definition) is 3. The van der Waals surface area contributed by atoms with E-state index in [1.807, 2.05) is 20.8 Å². The molecule has 0 spiro atoms. The average Bonchev–Trinajstić information content (AvgIpc) is 1.60. The molecule has 0 atom stereocenters. The van der Waals surface area contributed by atoms with Crippen LogP contribution in [0.1, 0.15) is 27.7 Å². The Morgan fingerprint density at radius 1 is 1.20 bits per heavy atom. The summed E-state index contributed by atoms with van der Waals surface area (Å²) in [6, 6.07) is 0. The summed E-state index contributed by atoms with van der Waals surface area (Å²) < 4.78 is 4.78. The van der Waals surface area contributed by atoms with Crippen molar-refractivity contribution in [2.75, 3.05) is 0 Å². The van der Waals surface area contributed by atoms with Crippen LogP contribution in [0.4, 0.5) is 0 Å². The molecule has 0 aromatic carbocycles. The molecule has 0 radical (unpaired) electrons. The van der Waals surface area contributed by atoms with E-state index in [-0.39, 0.29) is 17.2 Å². The van der Waals surface area contributed by atoms with Crippen LogP contribution >= 0.6 is 0 Å². The van der Waals surface area contributed by atoms with Crippen LogP contribution in [-0.4, -0.2) is 11.8 Å². The molecule has 2 N–H and O–H groups in total. The van der Waals surface area contributed by atoms with Crippen molar-refractivity contribution < 1.29 is 4.74 Å². The van der Waals surface area contributed by atoms with Gasteiger partial charge in [0, 0.05) is 12.3 Å². The Bertz CT molecular complexity index is 155. The Hall–Kier alpha value is -0.860. The molecule has 3 heteroatoms. The van der Waals surface area contributed by atoms with E-state index in [1.54, 1.807) is 0 Å². The highest BCUT2D eigenvalue weighted by atomic mass is 16.5. The molecule has 58 valence electrons. The molecule has 0 fully saturated rings. The summed E-state index contributed by atoms with van der Waals surface area (Å²) in [5.41, 5.74) is -0.289. The van der Waals surface area contributed by atoms with Crippen LogP contribution in [0.15, 0.2) is 0 Å². The molecule has 0 saturated heterocycles. The zero-order valence-corrected chi connectivity index (χ0v) is 6.91. The van der Waals surface area contributed by atoms with Gasteiger partial charge in [0.05, 0.1) is 0 Å². The molecule has 0 rings (SSSR count). The van der Waals surface area contributed by atoms with Gasteiger partial charge in [0.2, 0.25) is 0 Å². The third kappa shape index (κ3) is 3.22. The lowest BCUT2D eigenvalue weighted by Gasteiger charge is -2.18. The van der Waals surface area contributed by atoms with Gasteiger partial charge in [0.25, 0.3) is 0 Å². The van der Waals surface area contributed by atoms with E-state index in [9.17, 15) is 0 Å². The van der Waals surface area contributed by atoms with Gasteiger partial charge >= 0.3 is 0 Å². The molecule has 0 aliphatic carbocycles. The Morgan fingerprint density at radius 2 is 1.60 bits per heavy atom. The second kappa shape index (κ2) is 2.82. The van der Waals surface area contributed by atoms with Crippen molar-refractivity contribution in [3.8, 4) is 0 Å². The SMILES string of the molecule is CC(=N)OC(=N)C(C)(C)C. The molecular weight excluding hydrogens is 128 g/mol. The normalized spacial score (nSPS) is 10.8. The molecule has 0 heterocycles. The lowest BCUT2D eigenvalue weighted by molar-refractivity contribution is 0.417. The number of nitrogens with one attached hydrogen (secondary N) is 2. The maximum absolute atomic E-state index is 7.31. The van der Waals surface area contributed by atoms with Crippen molar-refractivity contribution in [3.63, 3.8) is 0 Å². The van der Waals surface area contributed by atoms with Crippen molar-refractivity contribution in [3.05, 3.63) is 0 Å². The predicted octanol–water partition coefficient (Wildman–Crippen LogP) is 2.02. The first-order chi connectivity index (χ1) is 4.34. The molecular formula is C7H14N2O. The van der Waals surface area contributed by atoms with Gasteiger partial charge in [0.15, 0.2) is 11.8 Å². The van der Waals surface area contributed by atoms with Crippen molar-refractivity contribution in [1.82, 2.24) is 0 Å². The summed E-state index contributed by atoms with van der Waals surface area (Å²) in [7, 11) is 0. The third-order valence-corrected chi connectivity index (χ3v) is 0.936. The summed E-state index contributed by atoms with van der Waals surface area (Å²) in [5.74, 6) is 0.208. The fourth-order valence-electron chi connectivity index (χ4n) is 0.306. The summed E-state index contributed by atoms with van der Waals surface area (Å²) in [5, 5.41) is 14.2. The van der Waals surface area contributed by atoms with Crippen molar-refractivity contribution in [2.45, 2.75) is 27.7 Å². The Morgan fingerprint density at radius 3 is 1.70 bits per heavy atom. The van der Waals surface area contributed by atoms with Gasteiger partial charge in [-0.15, -0.1) is 0 Å². The molecule has 0 bridgehead atoms. The zero-order valence-electron chi connectivity index (χ0n) is 6.91. The summed E-state index contributed by atoms with van der Waals surface area (Å²) >= 11 is 0. The second-order valence-corrected chi connectivity index (χ2v) is 3.24. The van der Waals surface area contributed by atoms with Gasteiger partial charge in [-0.2, -0.15) is 0 Å².